The van der Waals surface area contributed by atoms with Crippen molar-refractivity contribution in [1.29, 1.82) is 0 Å². The number of nitrogens with one attached hydrogen (secondary N) is 2. The second-order valence-electron chi connectivity index (χ2n) is 7.68. The Kier molecular flexibility index (Phi) is 5.69. The minimum atomic E-state index is -3.60. The van der Waals surface area contributed by atoms with Gasteiger partial charge in [0, 0.05) is 38.1 Å². The van der Waals surface area contributed by atoms with E-state index >= 15 is 0 Å². The highest BCUT2D eigenvalue weighted by atomic mass is 32.2. The summed E-state index contributed by atoms with van der Waals surface area (Å²) in [4.78, 5) is 14.6. The van der Waals surface area contributed by atoms with Crippen LogP contribution in [0.5, 0.6) is 0 Å². The summed E-state index contributed by atoms with van der Waals surface area (Å²) in [7, 11) is -1.75. The molecular weight excluding hydrogens is 350 g/mol. The average Bonchev–Trinajstić information content (AvgIpc) is 2.93. The number of carbonyl (C=O) groups is 1. The molecule has 144 valence electrons. The second-order valence-corrected chi connectivity index (χ2v) is 9.42. The van der Waals surface area contributed by atoms with E-state index in [1.54, 1.807) is 19.1 Å². The smallest absolute Gasteiger partial charge is 0.240 e. The molecule has 2 unspecified atom stereocenters. The Morgan fingerprint density at radius 1 is 1.23 bits per heavy atom. The molecule has 0 aliphatic carbocycles. The fourth-order valence-corrected chi connectivity index (χ4v) is 5.45. The van der Waals surface area contributed by atoms with Crippen molar-refractivity contribution in [2.24, 2.45) is 0 Å². The molecule has 3 rings (SSSR count). The van der Waals surface area contributed by atoms with Crippen LogP contribution in [0.25, 0.3) is 0 Å². The lowest BCUT2D eigenvalue weighted by Crippen LogP contribution is -2.49. The molecule has 6 nitrogen and oxygen atoms in total. The Balaban J connectivity index is 1.53. The number of aryl methyl sites for hydroxylation is 2. The van der Waals surface area contributed by atoms with Crippen molar-refractivity contribution >= 4 is 15.9 Å². The molecule has 2 heterocycles. The quantitative estimate of drug-likeness (QED) is 0.789. The number of sulfonamides is 1. The fraction of sp³-hybridized carbons (Fsp3) is 0.632. The van der Waals surface area contributed by atoms with Gasteiger partial charge in [0.15, 0.2) is 0 Å². The van der Waals surface area contributed by atoms with E-state index in [1.807, 2.05) is 24.9 Å². The normalized spacial score (nSPS) is 25.3. The van der Waals surface area contributed by atoms with Crippen molar-refractivity contribution in [1.82, 2.24) is 14.9 Å². The third kappa shape index (κ3) is 4.27. The van der Waals surface area contributed by atoms with Crippen LogP contribution in [0, 0.1) is 13.8 Å². The van der Waals surface area contributed by atoms with Crippen molar-refractivity contribution in [3.63, 3.8) is 0 Å². The third-order valence-electron chi connectivity index (χ3n) is 5.65. The van der Waals surface area contributed by atoms with Gasteiger partial charge in [-0.1, -0.05) is 12.1 Å². The Labute approximate surface area is 156 Å². The first-order valence-electron chi connectivity index (χ1n) is 9.35. The zero-order chi connectivity index (χ0) is 18.9. The lowest BCUT2D eigenvalue weighted by Gasteiger charge is -2.35. The predicted molar refractivity (Wildman–Crippen MR) is 101 cm³/mol. The van der Waals surface area contributed by atoms with E-state index in [2.05, 4.69) is 10.0 Å². The number of hydrogen-bond acceptors (Lipinski definition) is 4. The topological polar surface area (TPSA) is 78.5 Å². The Morgan fingerprint density at radius 2 is 1.88 bits per heavy atom. The molecule has 2 aliphatic heterocycles. The van der Waals surface area contributed by atoms with Crippen LogP contribution in [0.2, 0.25) is 0 Å². The molecule has 0 spiro atoms. The van der Waals surface area contributed by atoms with E-state index in [4.69, 9.17) is 0 Å². The van der Waals surface area contributed by atoms with Crippen LogP contribution >= 0.6 is 0 Å². The standard InChI is InChI=1S/C19H29N3O3S/c1-13-4-5-14(2)18(10-13)26(24,25)20-9-8-19(23)22(3)17-11-15-6-7-16(12-17)21-15/h4-5,10,15-17,20-21H,6-9,11-12H2,1-3H3. The molecule has 1 aromatic rings. The fourth-order valence-electron chi connectivity index (χ4n) is 4.09. The average molecular weight is 380 g/mol. The van der Waals surface area contributed by atoms with Gasteiger partial charge in [0.1, 0.15) is 0 Å². The van der Waals surface area contributed by atoms with E-state index in [-0.39, 0.29) is 29.8 Å². The minimum absolute atomic E-state index is 0.0000332. The molecule has 2 bridgehead atoms. The summed E-state index contributed by atoms with van der Waals surface area (Å²) >= 11 is 0. The largest absolute Gasteiger partial charge is 0.343 e. The van der Waals surface area contributed by atoms with Gasteiger partial charge in [-0.05, 0) is 56.7 Å². The summed E-state index contributed by atoms with van der Waals surface area (Å²) in [5.41, 5.74) is 1.60. The van der Waals surface area contributed by atoms with E-state index < -0.39 is 10.0 Å². The number of rotatable bonds is 6. The molecule has 2 aliphatic rings. The van der Waals surface area contributed by atoms with E-state index in [1.165, 1.54) is 12.8 Å². The highest BCUT2D eigenvalue weighted by Gasteiger charge is 2.36. The SMILES string of the molecule is Cc1ccc(C)c(S(=O)(=O)NCCC(=O)N(C)C2CC3CCC(C2)N3)c1. The second kappa shape index (κ2) is 7.66. The molecule has 0 saturated carbocycles. The summed E-state index contributed by atoms with van der Waals surface area (Å²) in [5.74, 6) is -0.0000332. The molecule has 2 N–H and O–H groups in total. The number of benzene rings is 1. The molecule has 2 atom stereocenters. The molecule has 0 aromatic heterocycles. The van der Waals surface area contributed by atoms with Crippen molar-refractivity contribution < 1.29 is 13.2 Å². The van der Waals surface area contributed by atoms with E-state index in [9.17, 15) is 13.2 Å². The predicted octanol–water partition coefficient (Wildman–Crippen LogP) is 1.71. The maximum absolute atomic E-state index is 12.5. The lowest BCUT2D eigenvalue weighted by atomic mass is 9.98. The number of fused-ring (bicyclic) bond motifs is 2. The zero-order valence-corrected chi connectivity index (χ0v) is 16.6. The van der Waals surface area contributed by atoms with Crippen LogP contribution < -0.4 is 10.0 Å². The van der Waals surface area contributed by atoms with E-state index in [0.29, 0.717) is 17.6 Å². The van der Waals surface area contributed by atoms with Gasteiger partial charge in [-0.25, -0.2) is 13.1 Å². The summed E-state index contributed by atoms with van der Waals surface area (Å²) in [6.07, 6.45) is 4.55. The van der Waals surface area contributed by atoms with Gasteiger partial charge in [-0.2, -0.15) is 0 Å². The maximum atomic E-state index is 12.5. The van der Waals surface area contributed by atoms with Crippen LogP contribution in [0.3, 0.4) is 0 Å². The van der Waals surface area contributed by atoms with Crippen LogP contribution in [-0.4, -0.2) is 50.9 Å². The Hall–Kier alpha value is -1.44. The summed E-state index contributed by atoms with van der Waals surface area (Å²) in [6.45, 7) is 3.76. The van der Waals surface area contributed by atoms with Gasteiger partial charge in [-0.3, -0.25) is 4.79 Å². The van der Waals surface area contributed by atoms with Gasteiger partial charge >= 0.3 is 0 Å². The summed E-state index contributed by atoms with van der Waals surface area (Å²) < 4.78 is 27.6. The van der Waals surface area contributed by atoms with Crippen LogP contribution in [-0.2, 0) is 14.8 Å². The van der Waals surface area contributed by atoms with Crippen LogP contribution in [0.1, 0.15) is 43.2 Å². The number of nitrogens with zero attached hydrogens (tertiary/aromatic N) is 1. The molecule has 26 heavy (non-hydrogen) atoms. The van der Waals surface area contributed by atoms with Gasteiger partial charge in [-0.15, -0.1) is 0 Å². The lowest BCUT2D eigenvalue weighted by molar-refractivity contribution is -0.132. The first kappa shape index (κ1) is 19.3. The van der Waals surface area contributed by atoms with Crippen LogP contribution in [0.4, 0.5) is 0 Å². The summed E-state index contributed by atoms with van der Waals surface area (Å²) in [6, 6.07) is 6.66. The van der Waals surface area contributed by atoms with Gasteiger partial charge in [0.05, 0.1) is 4.90 Å². The number of piperidine rings is 1. The van der Waals surface area contributed by atoms with Crippen molar-refractivity contribution in [3.8, 4) is 0 Å². The molecule has 1 aromatic carbocycles. The zero-order valence-electron chi connectivity index (χ0n) is 15.8. The monoisotopic (exact) mass is 379 g/mol. The molecule has 2 saturated heterocycles. The highest BCUT2D eigenvalue weighted by molar-refractivity contribution is 7.89. The molecule has 2 fully saturated rings. The van der Waals surface area contributed by atoms with E-state index in [0.717, 1.165) is 18.4 Å². The number of hydrogen-bond donors (Lipinski definition) is 2. The molecule has 0 radical (unpaired) electrons. The van der Waals surface area contributed by atoms with Crippen molar-refractivity contribution in [2.45, 2.75) is 69.0 Å². The highest BCUT2D eigenvalue weighted by Crippen LogP contribution is 2.29. The Morgan fingerprint density at radius 3 is 2.54 bits per heavy atom. The third-order valence-corrected chi connectivity index (χ3v) is 7.26. The Bertz CT molecular complexity index is 766. The maximum Gasteiger partial charge on any atom is 0.240 e. The number of amides is 1. The van der Waals surface area contributed by atoms with Gasteiger partial charge in [0.25, 0.3) is 0 Å². The molecular formula is C19H29N3O3S. The minimum Gasteiger partial charge on any atom is -0.343 e. The first-order valence-corrected chi connectivity index (χ1v) is 10.8. The first-order chi connectivity index (χ1) is 12.3. The van der Waals surface area contributed by atoms with Gasteiger partial charge < -0.3 is 10.2 Å². The van der Waals surface area contributed by atoms with Crippen molar-refractivity contribution in [2.75, 3.05) is 13.6 Å². The molecule has 7 heteroatoms. The van der Waals surface area contributed by atoms with Crippen LogP contribution in [0.15, 0.2) is 23.1 Å². The molecule has 1 amide bonds. The van der Waals surface area contributed by atoms with Crippen molar-refractivity contribution in [3.05, 3.63) is 29.3 Å². The van der Waals surface area contributed by atoms with Gasteiger partial charge in [0.2, 0.25) is 15.9 Å². The number of carbonyl (C=O) groups excluding carboxylic acids is 1. The summed E-state index contributed by atoms with van der Waals surface area (Å²) in [5, 5.41) is 3.58.